The average Bonchev–Trinajstić information content (AvgIpc) is 3.13. The lowest BCUT2D eigenvalue weighted by atomic mass is 9.85. The standard InChI is InChI=1S/C16H23N3O3/c1-8-13(9(2)19(3)18-8)15(21)16(22)17-14-11-5-4-10(6-11)12(14)7-20/h10-12,14,20H,4-7H2,1-3H3,(H,17,22). The van der Waals surface area contributed by atoms with Crippen molar-refractivity contribution in [3.63, 3.8) is 0 Å². The Morgan fingerprint density at radius 3 is 2.59 bits per heavy atom. The van der Waals surface area contributed by atoms with Gasteiger partial charge in [-0.25, -0.2) is 0 Å². The van der Waals surface area contributed by atoms with Crippen molar-refractivity contribution in [2.45, 2.75) is 39.2 Å². The van der Waals surface area contributed by atoms with Crippen LogP contribution < -0.4 is 5.32 Å². The SMILES string of the molecule is Cc1nn(C)c(C)c1C(=O)C(=O)NC1C2CCC(C2)C1CO. The number of nitrogens with zero attached hydrogens (tertiary/aromatic N) is 2. The van der Waals surface area contributed by atoms with Crippen LogP contribution in [0.1, 0.15) is 41.0 Å². The smallest absolute Gasteiger partial charge is 0.292 e. The summed E-state index contributed by atoms with van der Waals surface area (Å²) in [5.74, 6) is -0.128. The molecule has 3 rings (SSSR count). The fourth-order valence-electron chi connectivity index (χ4n) is 4.33. The van der Waals surface area contributed by atoms with Gasteiger partial charge in [0, 0.05) is 31.3 Å². The first-order valence-electron chi connectivity index (χ1n) is 7.90. The highest BCUT2D eigenvalue weighted by atomic mass is 16.3. The molecule has 6 nitrogen and oxygen atoms in total. The molecule has 1 aromatic rings. The number of aliphatic hydroxyl groups is 1. The van der Waals surface area contributed by atoms with Crippen LogP contribution in [-0.4, -0.2) is 39.2 Å². The Hall–Kier alpha value is -1.69. The van der Waals surface area contributed by atoms with E-state index in [0.29, 0.717) is 28.8 Å². The second-order valence-electron chi connectivity index (χ2n) is 6.68. The molecule has 0 radical (unpaired) electrons. The van der Waals surface area contributed by atoms with E-state index < -0.39 is 11.7 Å². The van der Waals surface area contributed by atoms with Crippen LogP contribution in [0.4, 0.5) is 0 Å². The summed E-state index contributed by atoms with van der Waals surface area (Å²) in [6.07, 6.45) is 3.25. The first kappa shape index (κ1) is 15.2. The highest BCUT2D eigenvalue weighted by molar-refractivity contribution is 6.43. The fourth-order valence-corrected chi connectivity index (χ4v) is 4.33. The van der Waals surface area contributed by atoms with Crippen LogP contribution >= 0.6 is 0 Å². The number of aliphatic hydroxyl groups excluding tert-OH is 1. The van der Waals surface area contributed by atoms with Crippen molar-refractivity contribution in [1.82, 2.24) is 15.1 Å². The number of carbonyl (C=O) groups excluding carboxylic acids is 2. The zero-order valence-corrected chi connectivity index (χ0v) is 13.3. The molecule has 2 aliphatic rings. The van der Waals surface area contributed by atoms with E-state index in [1.807, 2.05) is 0 Å². The van der Waals surface area contributed by atoms with Gasteiger partial charge in [-0.3, -0.25) is 14.3 Å². The molecule has 1 amide bonds. The molecule has 2 saturated carbocycles. The molecule has 0 spiro atoms. The highest BCUT2D eigenvalue weighted by Gasteiger charge is 2.48. The van der Waals surface area contributed by atoms with Gasteiger partial charge >= 0.3 is 0 Å². The molecule has 0 aromatic carbocycles. The van der Waals surface area contributed by atoms with Crippen molar-refractivity contribution in [3.8, 4) is 0 Å². The van der Waals surface area contributed by atoms with Crippen LogP contribution in [0.2, 0.25) is 0 Å². The number of ketones is 1. The molecule has 2 aliphatic carbocycles. The van der Waals surface area contributed by atoms with E-state index in [-0.39, 0.29) is 18.6 Å². The molecule has 2 N–H and O–H groups in total. The van der Waals surface area contributed by atoms with E-state index in [1.54, 1.807) is 25.6 Å². The number of nitrogens with one attached hydrogen (secondary N) is 1. The van der Waals surface area contributed by atoms with Crippen LogP contribution in [-0.2, 0) is 11.8 Å². The van der Waals surface area contributed by atoms with E-state index in [9.17, 15) is 14.7 Å². The molecule has 2 fully saturated rings. The summed E-state index contributed by atoms with van der Waals surface area (Å²) in [7, 11) is 1.76. The Balaban J connectivity index is 1.76. The van der Waals surface area contributed by atoms with Gasteiger partial charge in [0.1, 0.15) is 0 Å². The summed E-state index contributed by atoms with van der Waals surface area (Å²) < 4.78 is 1.61. The molecular formula is C16H23N3O3. The van der Waals surface area contributed by atoms with Gasteiger partial charge in [-0.1, -0.05) is 0 Å². The third-order valence-electron chi connectivity index (χ3n) is 5.54. The molecule has 4 atom stereocenters. The number of aromatic nitrogens is 2. The third-order valence-corrected chi connectivity index (χ3v) is 5.54. The van der Waals surface area contributed by atoms with Crippen molar-refractivity contribution in [2.75, 3.05) is 6.61 Å². The summed E-state index contributed by atoms with van der Waals surface area (Å²) in [6.45, 7) is 3.60. The number of aryl methyl sites for hydroxylation is 2. The molecular weight excluding hydrogens is 282 g/mol. The summed E-state index contributed by atoms with van der Waals surface area (Å²) in [5, 5.41) is 16.6. The summed E-state index contributed by atoms with van der Waals surface area (Å²) in [4.78, 5) is 24.8. The Labute approximate surface area is 129 Å². The Morgan fingerprint density at radius 1 is 1.32 bits per heavy atom. The third kappa shape index (κ3) is 2.26. The average molecular weight is 305 g/mol. The summed E-state index contributed by atoms with van der Waals surface area (Å²) in [6, 6.07) is -0.0718. The first-order chi connectivity index (χ1) is 10.4. The van der Waals surface area contributed by atoms with E-state index in [1.165, 1.54) is 0 Å². The predicted molar refractivity (Wildman–Crippen MR) is 80.4 cm³/mol. The largest absolute Gasteiger partial charge is 0.396 e. The number of fused-ring (bicyclic) bond motifs is 2. The Kier molecular flexibility index (Phi) is 3.80. The molecule has 22 heavy (non-hydrogen) atoms. The molecule has 1 heterocycles. The van der Waals surface area contributed by atoms with Crippen LogP contribution in [0.15, 0.2) is 0 Å². The second-order valence-corrected chi connectivity index (χ2v) is 6.68. The molecule has 4 unspecified atom stereocenters. The summed E-state index contributed by atoms with van der Waals surface area (Å²) in [5.41, 5.74) is 1.67. The maximum Gasteiger partial charge on any atom is 0.292 e. The van der Waals surface area contributed by atoms with E-state index in [4.69, 9.17) is 0 Å². The molecule has 0 aliphatic heterocycles. The number of carbonyl (C=O) groups is 2. The normalized spacial score (nSPS) is 29.8. The number of hydrogen-bond donors (Lipinski definition) is 2. The van der Waals surface area contributed by atoms with Crippen LogP contribution in [0.25, 0.3) is 0 Å². The minimum absolute atomic E-state index is 0.0718. The van der Waals surface area contributed by atoms with E-state index >= 15 is 0 Å². The number of rotatable bonds is 4. The minimum atomic E-state index is -0.574. The Bertz CT molecular complexity index is 622. The molecule has 1 aromatic heterocycles. The van der Waals surface area contributed by atoms with Crippen LogP contribution in [0.3, 0.4) is 0 Å². The summed E-state index contributed by atoms with van der Waals surface area (Å²) >= 11 is 0. The van der Waals surface area contributed by atoms with E-state index in [0.717, 1.165) is 19.3 Å². The molecule has 6 heteroatoms. The molecule has 2 bridgehead atoms. The lowest BCUT2D eigenvalue weighted by molar-refractivity contribution is -0.118. The Morgan fingerprint density at radius 2 is 2.00 bits per heavy atom. The second kappa shape index (κ2) is 5.50. The van der Waals surface area contributed by atoms with Gasteiger partial charge in [-0.15, -0.1) is 0 Å². The predicted octanol–water partition coefficient (Wildman–Crippen LogP) is 0.743. The lowest BCUT2D eigenvalue weighted by Gasteiger charge is -2.30. The fraction of sp³-hybridized carbons (Fsp3) is 0.688. The monoisotopic (exact) mass is 305 g/mol. The van der Waals surface area contributed by atoms with Gasteiger partial charge in [0.05, 0.1) is 11.3 Å². The molecule has 120 valence electrons. The number of amides is 1. The van der Waals surface area contributed by atoms with Gasteiger partial charge in [0.2, 0.25) is 0 Å². The van der Waals surface area contributed by atoms with Gasteiger partial charge in [-0.2, -0.15) is 5.10 Å². The number of hydrogen-bond acceptors (Lipinski definition) is 4. The van der Waals surface area contributed by atoms with E-state index in [2.05, 4.69) is 10.4 Å². The first-order valence-corrected chi connectivity index (χ1v) is 7.90. The maximum absolute atomic E-state index is 12.5. The van der Waals surface area contributed by atoms with Gasteiger partial charge in [0.15, 0.2) is 0 Å². The minimum Gasteiger partial charge on any atom is -0.396 e. The van der Waals surface area contributed by atoms with Crippen LogP contribution in [0, 0.1) is 31.6 Å². The van der Waals surface area contributed by atoms with Crippen molar-refractivity contribution >= 4 is 11.7 Å². The molecule has 0 saturated heterocycles. The van der Waals surface area contributed by atoms with Crippen LogP contribution in [0.5, 0.6) is 0 Å². The maximum atomic E-state index is 12.5. The van der Waals surface area contributed by atoms with Crippen molar-refractivity contribution in [3.05, 3.63) is 17.0 Å². The van der Waals surface area contributed by atoms with Gasteiger partial charge in [-0.05, 0) is 44.9 Å². The van der Waals surface area contributed by atoms with Crippen molar-refractivity contribution in [2.24, 2.45) is 24.8 Å². The van der Waals surface area contributed by atoms with Crippen molar-refractivity contribution < 1.29 is 14.7 Å². The number of Topliss-reactive ketones (excluding diaryl/α,β-unsaturated/α-hetero) is 1. The van der Waals surface area contributed by atoms with Crippen molar-refractivity contribution in [1.29, 1.82) is 0 Å². The highest BCUT2D eigenvalue weighted by Crippen LogP contribution is 2.48. The van der Waals surface area contributed by atoms with Gasteiger partial charge in [0.25, 0.3) is 11.7 Å². The van der Waals surface area contributed by atoms with Gasteiger partial charge < -0.3 is 10.4 Å². The lowest BCUT2D eigenvalue weighted by Crippen LogP contribution is -2.47. The quantitative estimate of drug-likeness (QED) is 0.635. The zero-order chi connectivity index (χ0) is 16.0. The zero-order valence-electron chi connectivity index (χ0n) is 13.3. The topological polar surface area (TPSA) is 84.2 Å².